The van der Waals surface area contributed by atoms with Gasteiger partial charge in [-0.25, -0.2) is 4.39 Å². The largest absolute Gasteiger partial charge is 0.308 e. The van der Waals surface area contributed by atoms with Gasteiger partial charge in [-0.1, -0.05) is 24.3 Å². The maximum atomic E-state index is 13.3. The Balaban J connectivity index is 2.36. The Hall–Kier alpha value is -0.800. The third kappa shape index (κ3) is 5.89. The van der Waals surface area contributed by atoms with Crippen molar-refractivity contribution >= 4 is 11.8 Å². The van der Waals surface area contributed by atoms with Gasteiger partial charge >= 0.3 is 0 Å². The van der Waals surface area contributed by atoms with Crippen LogP contribution >= 0.6 is 11.8 Å². The number of nitrogens with one attached hydrogen (secondary N) is 1. The average Bonchev–Trinajstić information content (AvgIpc) is 2.24. The highest BCUT2D eigenvalue weighted by atomic mass is 32.2. The van der Waals surface area contributed by atoms with Crippen LogP contribution in [-0.4, -0.2) is 17.8 Å². The molecule has 0 spiro atoms. The lowest BCUT2D eigenvalue weighted by Crippen LogP contribution is -2.37. The molecule has 0 heterocycles. The summed E-state index contributed by atoms with van der Waals surface area (Å²) >= 11 is 1.49. The van der Waals surface area contributed by atoms with Gasteiger partial charge in [0.2, 0.25) is 0 Å². The highest BCUT2D eigenvalue weighted by Crippen LogP contribution is 2.22. The zero-order valence-electron chi connectivity index (χ0n) is 10.7. The Morgan fingerprint density at radius 2 is 2.00 bits per heavy atom. The van der Waals surface area contributed by atoms with Crippen molar-refractivity contribution in [2.75, 3.05) is 12.3 Å². The third-order valence-electron chi connectivity index (χ3n) is 2.14. The summed E-state index contributed by atoms with van der Waals surface area (Å²) in [5, 5.41) is 3.37. The summed E-state index contributed by atoms with van der Waals surface area (Å²) in [4.78, 5) is 0.685. The number of thioether (sulfide) groups is 1. The zero-order valence-corrected chi connectivity index (χ0v) is 11.5. The van der Waals surface area contributed by atoms with Gasteiger partial charge in [-0.15, -0.1) is 11.8 Å². The lowest BCUT2D eigenvalue weighted by Gasteiger charge is -2.21. The Kier molecular flexibility index (Phi) is 5.22. The van der Waals surface area contributed by atoms with E-state index in [0.29, 0.717) is 4.90 Å². The molecule has 0 saturated heterocycles. The molecule has 0 aliphatic heterocycles. The lowest BCUT2D eigenvalue weighted by molar-refractivity contribution is 0.445. The first-order valence-corrected chi connectivity index (χ1v) is 6.66. The van der Waals surface area contributed by atoms with E-state index < -0.39 is 0 Å². The molecule has 1 aromatic carbocycles. The summed E-state index contributed by atoms with van der Waals surface area (Å²) in [5.74, 6) is 0.582. The fraction of sp³-hybridized carbons (Fsp3) is 0.429. The van der Waals surface area contributed by atoms with Crippen LogP contribution in [0.4, 0.5) is 4.39 Å². The fourth-order valence-corrected chi connectivity index (χ4v) is 2.03. The van der Waals surface area contributed by atoms with Crippen LogP contribution in [0, 0.1) is 5.82 Å². The zero-order chi connectivity index (χ0) is 12.9. The van der Waals surface area contributed by atoms with E-state index in [4.69, 9.17) is 0 Å². The van der Waals surface area contributed by atoms with Crippen LogP contribution in [-0.2, 0) is 0 Å². The highest BCUT2D eigenvalue weighted by molar-refractivity contribution is 7.99. The molecule has 3 heteroatoms. The van der Waals surface area contributed by atoms with E-state index in [-0.39, 0.29) is 11.4 Å². The number of hydrogen-bond acceptors (Lipinski definition) is 2. The molecule has 0 aliphatic rings. The van der Waals surface area contributed by atoms with Gasteiger partial charge in [0, 0.05) is 22.7 Å². The van der Waals surface area contributed by atoms with Gasteiger partial charge in [0.1, 0.15) is 5.82 Å². The number of benzene rings is 1. The van der Waals surface area contributed by atoms with Crippen LogP contribution in [0.1, 0.15) is 20.8 Å². The van der Waals surface area contributed by atoms with E-state index in [2.05, 4.69) is 32.7 Å². The van der Waals surface area contributed by atoms with E-state index in [1.807, 2.05) is 6.07 Å². The highest BCUT2D eigenvalue weighted by Gasteiger charge is 2.09. The molecule has 1 N–H and O–H groups in total. The predicted octanol–water partition coefficient (Wildman–Crippen LogP) is 3.86. The topological polar surface area (TPSA) is 12.0 Å². The van der Waals surface area contributed by atoms with Gasteiger partial charge in [-0.3, -0.25) is 0 Å². The van der Waals surface area contributed by atoms with Gasteiger partial charge in [-0.05, 0) is 32.9 Å². The van der Waals surface area contributed by atoms with Gasteiger partial charge in [0.25, 0.3) is 0 Å². The SMILES string of the molecule is C=C(CNC(C)(C)C)CSc1ccccc1F. The number of hydrogen-bond donors (Lipinski definition) is 1. The first-order valence-electron chi connectivity index (χ1n) is 5.67. The van der Waals surface area contributed by atoms with Gasteiger partial charge < -0.3 is 5.32 Å². The number of rotatable bonds is 5. The van der Waals surface area contributed by atoms with E-state index in [1.54, 1.807) is 12.1 Å². The molecule has 1 rings (SSSR count). The minimum absolute atomic E-state index is 0.0889. The molecular formula is C14H20FNS. The summed E-state index contributed by atoms with van der Waals surface area (Å²) in [6.07, 6.45) is 0. The van der Waals surface area contributed by atoms with Crippen molar-refractivity contribution in [2.45, 2.75) is 31.2 Å². The summed E-state index contributed by atoms with van der Waals surface area (Å²) in [6, 6.07) is 6.83. The standard InChI is InChI=1S/C14H20FNS/c1-11(9-16-14(2,3)4)10-17-13-8-6-5-7-12(13)15/h5-8,16H,1,9-10H2,2-4H3. The normalized spacial score (nSPS) is 11.5. The van der Waals surface area contributed by atoms with Crippen LogP contribution in [0.2, 0.25) is 0 Å². The molecule has 0 radical (unpaired) electrons. The quantitative estimate of drug-likeness (QED) is 0.631. The average molecular weight is 253 g/mol. The minimum Gasteiger partial charge on any atom is -0.308 e. The molecule has 1 aromatic rings. The Labute approximate surface area is 107 Å². The second kappa shape index (κ2) is 6.22. The van der Waals surface area contributed by atoms with Crippen LogP contribution in [0.25, 0.3) is 0 Å². The first kappa shape index (κ1) is 14.3. The molecule has 1 nitrogen and oxygen atoms in total. The molecule has 0 aliphatic carbocycles. The summed E-state index contributed by atoms with van der Waals surface area (Å²) in [7, 11) is 0. The van der Waals surface area contributed by atoms with Crippen LogP contribution in [0.3, 0.4) is 0 Å². The van der Waals surface area contributed by atoms with Crippen molar-refractivity contribution < 1.29 is 4.39 Å². The molecule has 94 valence electrons. The van der Waals surface area contributed by atoms with E-state index in [0.717, 1.165) is 17.9 Å². The molecule has 0 amide bonds. The van der Waals surface area contributed by atoms with Crippen LogP contribution in [0.5, 0.6) is 0 Å². The van der Waals surface area contributed by atoms with Gasteiger partial charge in [0.05, 0.1) is 0 Å². The summed E-state index contributed by atoms with van der Waals surface area (Å²) < 4.78 is 13.3. The van der Waals surface area contributed by atoms with Crippen molar-refractivity contribution in [3.63, 3.8) is 0 Å². The van der Waals surface area contributed by atoms with E-state index >= 15 is 0 Å². The first-order chi connectivity index (χ1) is 7.88. The van der Waals surface area contributed by atoms with Crippen molar-refractivity contribution in [3.05, 3.63) is 42.2 Å². The van der Waals surface area contributed by atoms with Gasteiger partial charge in [-0.2, -0.15) is 0 Å². The van der Waals surface area contributed by atoms with E-state index in [1.165, 1.54) is 17.8 Å². The smallest absolute Gasteiger partial charge is 0.136 e. The Morgan fingerprint density at radius 1 is 1.35 bits per heavy atom. The molecule has 17 heavy (non-hydrogen) atoms. The number of halogens is 1. The molecular weight excluding hydrogens is 233 g/mol. The lowest BCUT2D eigenvalue weighted by atomic mass is 10.1. The Bertz CT molecular complexity index is 382. The second-order valence-electron chi connectivity index (χ2n) is 5.07. The minimum atomic E-state index is -0.158. The predicted molar refractivity (Wildman–Crippen MR) is 74.0 cm³/mol. The maximum Gasteiger partial charge on any atom is 0.136 e. The molecule has 0 fully saturated rings. The van der Waals surface area contributed by atoms with Crippen molar-refractivity contribution in [2.24, 2.45) is 0 Å². The summed E-state index contributed by atoms with van der Waals surface area (Å²) in [6.45, 7) is 11.1. The Morgan fingerprint density at radius 3 is 2.59 bits per heavy atom. The van der Waals surface area contributed by atoms with Crippen LogP contribution < -0.4 is 5.32 Å². The molecule has 0 aromatic heterocycles. The molecule has 0 unspecified atom stereocenters. The van der Waals surface area contributed by atoms with Crippen molar-refractivity contribution in [1.29, 1.82) is 0 Å². The monoisotopic (exact) mass is 253 g/mol. The third-order valence-corrected chi connectivity index (χ3v) is 3.33. The van der Waals surface area contributed by atoms with Crippen LogP contribution in [0.15, 0.2) is 41.3 Å². The second-order valence-corrected chi connectivity index (χ2v) is 6.09. The fourth-order valence-electron chi connectivity index (χ4n) is 1.18. The van der Waals surface area contributed by atoms with Crippen molar-refractivity contribution in [1.82, 2.24) is 5.32 Å². The summed E-state index contributed by atoms with van der Waals surface area (Å²) in [5.41, 5.74) is 1.17. The molecule has 0 bridgehead atoms. The van der Waals surface area contributed by atoms with Gasteiger partial charge in [0.15, 0.2) is 0 Å². The van der Waals surface area contributed by atoms with E-state index in [9.17, 15) is 4.39 Å². The maximum absolute atomic E-state index is 13.3. The molecule has 0 atom stereocenters. The molecule has 0 saturated carbocycles. The van der Waals surface area contributed by atoms with Crippen molar-refractivity contribution in [3.8, 4) is 0 Å².